The van der Waals surface area contributed by atoms with Crippen LogP contribution >= 0.6 is 15.9 Å². The van der Waals surface area contributed by atoms with Gasteiger partial charge in [0.15, 0.2) is 12.3 Å². The fourth-order valence-electron chi connectivity index (χ4n) is 3.12. The van der Waals surface area contributed by atoms with Crippen molar-refractivity contribution in [2.45, 2.75) is 27.3 Å². The number of carbonyl (C=O) groups excluding carboxylic acids is 1. The van der Waals surface area contributed by atoms with Crippen molar-refractivity contribution < 1.29 is 13.9 Å². The van der Waals surface area contributed by atoms with Gasteiger partial charge in [-0.15, -0.1) is 5.10 Å². The summed E-state index contributed by atoms with van der Waals surface area (Å²) in [6.07, 6.45) is 0. The molecule has 0 atom stereocenters. The molecule has 6 nitrogen and oxygen atoms in total. The molecule has 0 N–H and O–H groups in total. The molecule has 0 radical (unpaired) electrons. The highest BCUT2D eigenvalue weighted by atomic mass is 79.9. The summed E-state index contributed by atoms with van der Waals surface area (Å²) in [5, 5.41) is 5.15. The Balaban J connectivity index is 1.76. The van der Waals surface area contributed by atoms with E-state index in [-0.39, 0.29) is 24.9 Å². The first kappa shape index (κ1) is 20.3. The summed E-state index contributed by atoms with van der Waals surface area (Å²) >= 11 is 3.33. The van der Waals surface area contributed by atoms with Crippen molar-refractivity contribution in [2.75, 3.05) is 13.2 Å². The van der Waals surface area contributed by atoms with Crippen molar-refractivity contribution in [2.24, 2.45) is 7.05 Å². The molecule has 8 heteroatoms. The van der Waals surface area contributed by atoms with Gasteiger partial charge in [-0.25, -0.2) is 14.1 Å². The molecule has 2 aromatic heterocycles. The number of rotatable bonds is 6. The Hall–Kier alpha value is -2.48. The van der Waals surface area contributed by atoms with Crippen molar-refractivity contribution in [1.29, 1.82) is 0 Å². The summed E-state index contributed by atoms with van der Waals surface area (Å²) in [7, 11) is 1.79. The van der Waals surface area contributed by atoms with Gasteiger partial charge >= 0.3 is 0 Å². The third kappa shape index (κ3) is 4.16. The second kappa shape index (κ2) is 8.26. The van der Waals surface area contributed by atoms with E-state index in [2.05, 4.69) is 26.0 Å². The Morgan fingerprint density at radius 1 is 1.32 bits per heavy atom. The van der Waals surface area contributed by atoms with Gasteiger partial charge in [0.25, 0.3) is 5.91 Å². The van der Waals surface area contributed by atoms with Crippen LogP contribution in [0.4, 0.5) is 4.39 Å². The highest BCUT2D eigenvalue weighted by Gasteiger charge is 2.19. The van der Waals surface area contributed by atoms with Crippen LogP contribution in [-0.2, 0) is 18.4 Å². The first-order valence-electron chi connectivity index (χ1n) is 8.95. The predicted octanol–water partition coefficient (Wildman–Crippen LogP) is 3.91. The standard InChI is InChI=1S/C20H22BrFN4O2/c1-5-26(10-14-9-15(21)6-7-16(14)22)17(27)11-28-20-18-12(2)8-13(3)23-19(18)25(4)24-20/h6-9H,5,10-11H2,1-4H3. The minimum atomic E-state index is -0.344. The highest BCUT2D eigenvalue weighted by Crippen LogP contribution is 2.27. The normalized spacial score (nSPS) is 11.1. The van der Waals surface area contributed by atoms with E-state index in [1.165, 1.54) is 6.07 Å². The molecule has 0 bridgehead atoms. The molecule has 0 fully saturated rings. The zero-order valence-corrected chi connectivity index (χ0v) is 17.9. The molecule has 3 aromatic rings. The summed E-state index contributed by atoms with van der Waals surface area (Å²) in [6.45, 7) is 6.17. The zero-order valence-electron chi connectivity index (χ0n) is 16.3. The van der Waals surface area contributed by atoms with Gasteiger partial charge in [-0.3, -0.25) is 4.79 Å². The first-order chi connectivity index (χ1) is 13.3. The van der Waals surface area contributed by atoms with E-state index in [1.807, 2.05) is 26.8 Å². The monoisotopic (exact) mass is 448 g/mol. The van der Waals surface area contributed by atoms with E-state index >= 15 is 0 Å². The molecule has 1 amide bonds. The van der Waals surface area contributed by atoms with Gasteiger partial charge in [0.05, 0.1) is 5.39 Å². The number of aromatic nitrogens is 3. The second-order valence-corrected chi connectivity index (χ2v) is 7.56. The number of carbonyl (C=O) groups is 1. The summed E-state index contributed by atoms with van der Waals surface area (Å²) in [6, 6.07) is 6.64. The van der Waals surface area contributed by atoms with E-state index in [0.29, 0.717) is 23.6 Å². The molecule has 2 heterocycles. The summed E-state index contributed by atoms with van der Waals surface area (Å²) in [5.74, 6) is -0.206. The van der Waals surface area contributed by atoms with Crippen molar-refractivity contribution in [1.82, 2.24) is 19.7 Å². The Morgan fingerprint density at radius 2 is 2.07 bits per heavy atom. The predicted molar refractivity (Wildman–Crippen MR) is 109 cm³/mol. The molecule has 0 saturated heterocycles. The number of likely N-dealkylation sites (N-methyl/N-ethyl adjacent to an activating group) is 1. The third-order valence-corrected chi connectivity index (χ3v) is 5.02. The molecule has 28 heavy (non-hydrogen) atoms. The van der Waals surface area contributed by atoms with Crippen molar-refractivity contribution in [3.63, 3.8) is 0 Å². The summed E-state index contributed by atoms with van der Waals surface area (Å²) in [5.41, 5.74) is 3.04. The van der Waals surface area contributed by atoms with E-state index in [9.17, 15) is 9.18 Å². The molecule has 0 aliphatic rings. The number of pyridine rings is 1. The minimum absolute atomic E-state index is 0.173. The zero-order chi connectivity index (χ0) is 20.4. The van der Waals surface area contributed by atoms with Crippen molar-refractivity contribution >= 4 is 32.9 Å². The van der Waals surface area contributed by atoms with Crippen LogP contribution < -0.4 is 4.74 Å². The lowest BCUT2D eigenvalue weighted by molar-refractivity contribution is -0.133. The van der Waals surface area contributed by atoms with Crippen LogP contribution in [-0.4, -0.2) is 38.7 Å². The Labute approximate surface area is 171 Å². The molecule has 0 aliphatic carbocycles. The van der Waals surface area contributed by atoms with E-state index < -0.39 is 0 Å². The molecular weight excluding hydrogens is 427 g/mol. The minimum Gasteiger partial charge on any atom is -0.466 e. The van der Waals surface area contributed by atoms with Crippen LogP contribution in [0.15, 0.2) is 28.7 Å². The van der Waals surface area contributed by atoms with Gasteiger partial charge in [-0.2, -0.15) is 0 Å². The number of fused-ring (bicyclic) bond motifs is 1. The van der Waals surface area contributed by atoms with E-state index in [0.717, 1.165) is 21.1 Å². The molecule has 148 valence electrons. The van der Waals surface area contributed by atoms with Gasteiger partial charge in [0, 0.05) is 35.9 Å². The SMILES string of the molecule is CCN(Cc1cc(Br)ccc1F)C(=O)COc1nn(C)c2nc(C)cc(C)c12. The number of amides is 1. The fourth-order valence-corrected chi connectivity index (χ4v) is 3.53. The smallest absolute Gasteiger partial charge is 0.260 e. The topological polar surface area (TPSA) is 60.3 Å². The van der Waals surface area contributed by atoms with Crippen LogP contribution in [0.2, 0.25) is 0 Å². The maximum atomic E-state index is 14.0. The number of aryl methyl sites for hydroxylation is 3. The van der Waals surface area contributed by atoms with Gasteiger partial charge in [0.2, 0.25) is 5.88 Å². The Kier molecular flexibility index (Phi) is 5.98. The Bertz CT molecular complexity index is 1030. The molecule has 0 spiro atoms. The summed E-state index contributed by atoms with van der Waals surface area (Å²) < 4.78 is 22.2. The molecule has 0 unspecified atom stereocenters. The number of hydrogen-bond acceptors (Lipinski definition) is 4. The van der Waals surface area contributed by atoms with Gasteiger partial charge in [-0.05, 0) is 50.6 Å². The van der Waals surface area contributed by atoms with Gasteiger partial charge in [0.1, 0.15) is 5.82 Å². The number of ether oxygens (including phenoxy) is 1. The number of benzene rings is 1. The van der Waals surface area contributed by atoms with E-state index in [4.69, 9.17) is 4.74 Å². The average molecular weight is 449 g/mol. The number of halogens is 2. The lowest BCUT2D eigenvalue weighted by Gasteiger charge is -2.21. The first-order valence-corrected chi connectivity index (χ1v) is 9.75. The highest BCUT2D eigenvalue weighted by molar-refractivity contribution is 9.10. The Morgan fingerprint density at radius 3 is 2.79 bits per heavy atom. The lowest BCUT2D eigenvalue weighted by atomic mass is 10.2. The quantitative estimate of drug-likeness (QED) is 0.573. The van der Waals surface area contributed by atoms with Crippen LogP contribution in [0.3, 0.4) is 0 Å². The van der Waals surface area contributed by atoms with Gasteiger partial charge < -0.3 is 9.64 Å². The second-order valence-electron chi connectivity index (χ2n) is 6.64. The molecule has 0 saturated carbocycles. The summed E-state index contributed by atoms with van der Waals surface area (Å²) in [4.78, 5) is 18.7. The maximum Gasteiger partial charge on any atom is 0.260 e. The third-order valence-electron chi connectivity index (χ3n) is 4.52. The number of nitrogens with zero attached hydrogens (tertiary/aromatic N) is 4. The molecular formula is C20H22BrFN4O2. The lowest BCUT2D eigenvalue weighted by Crippen LogP contribution is -2.34. The maximum absolute atomic E-state index is 14.0. The largest absolute Gasteiger partial charge is 0.466 e. The van der Waals surface area contributed by atoms with Crippen LogP contribution in [0.25, 0.3) is 11.0 Å². The fraction of sp³-hybridized carbons (Fsp3) is 0.350. The molecule has 1 aromatic carbocycles. The van der Waals surface area contributed by atoms with Gasteiger partial charge in [-0.1, -0.05) is 15.9 Å². The van der Waals surface area contributed by atoms with Crippen LogP contribution in [0.1, 0.15) is 23.7 Å². The van der Waals surface area contributed by atoms with Crippen molar-refractivity contribution in [3.8, 4) is 5.88 Å². The van der Waals surface area contributed by atoms with Crippen LogP contribution in [0.5, 0.6) is 5.88 Å². The van der Waals surface area contributed by atoms with Crippen LogP contribution in [0, 0.1) is 19.7 Å². The molecule has 3 rings (SSSR count). The molecule has 0 aliphatic heterocycles. The van der Waals surface area contributed by atoms with E-state index in [1.54, 1.807) is 28.8 Å². The number of hydrogen-bond donors (Lipinski definition) is 0. The van der Waals surface area contributed by atoms with Crippen molar-refractivity contribution in [3.05, 3.63) is 51.4 Å². The average Bonchev–Trinajstić information content (AvgIpc) is 2.96.